The first kappa shape index (κ1) is 15.0. The number of nitrogens with one attached hydrogen (secondary N) is 1. The van der Waals surface area contributed by atoms with Crippen LogP contribution < -0.4 is 5.32 Å². The minimum atomic E-state index is -0.443. The van der Waals surface area contributed by atoms with Crippen LogP contribution in [-0.4, -0.2) is 18.5 Å². The molecule has 1 N–H and O–H groups in total. The fourth-order valence-electron chi connectivity index (χ4n) is 1.48. The van der Waals surface area contributed by atoms with Gasteiger partial charge in [0.25, 0.3) is 0 Å². The molecule has 19 heavy (non-hydrogen) atoms. The molecule has 102 valence electrons. The van der Waals surface area contributed by atoms with Crippen LogP contribution in [0, 0.1) is 0 Å². The molecule has 1 aromatic carbocycles. The van der Waals surface area contributed by atoms with Gasteiger partial charge in [-0.25, -0.2) is 4.79 Å². The molecule has 0 aliphatic rings. The predicted molar refractivity (Wildman–Crippen MR) is 74.1 cm³/mol. The summed E-state index contributed by atoms with van der Waals surface area (Å²) in [6, 6.07) is 9.19. The molecule has 0 aliphatic carbocycles. The molecule has 1 rings (SSSR count). The summed E-state index contributed by atoms with van der Waals surface area (Å²) >= 11 is 0. The van der Waals surface area contributed by atoms with Crippen molar-refractivity contribution in [3.05, 3.63) is 42.0 Å². The third kappa shape index (κ3) is 5.86. The van der Waals surface area contributed by atoms with E-state index in [-0.39, 0.29) is 5.91 Å². The van der Waals surface area contributed by atoms with Gasteiger partial charge in [-0.2, -0.15) is 0 Å². The zero-order valence-electron chi connectivity index (χ0n) is 11.3. The van der Waals surface area contributed by atoms with Crippen LogP contribution in [0.15, 0.2) is 36.4 Å². The Labute approximate surface area is 113 Å². The normalized spacial score (nSPS) is 10.9. The van der Waals surface area contributed by atoms with Gasteiger partial charge in [0.1, 0.15) is 0 Å². The van der Waals surface area contributed by atoms with Gasteiger partial charge in [0.15, 0.2) is 0 Å². The lowest BCUT2D eigenvalue weighted by atomic mass is 10.1. The summed E-state index contributed by atoms with van der Waals surface area (Å²) in [5.74, 6) is -0.669. The first-order valence-corrected chi connectivity index (χ1v) is 6.35. The maximum absolute atomic E-state index is 11.6. The van der Waals surface area contributed by atoms with Gasteiger partial charge in [-0.15, -0.1) is 0 Å². The zero-order chi connectivity index (χ0) is 14.1. The van der Waals surface area contributed by atoms with Crippen LogP contribution in [0.1, 0.15) is 32.3 Å². The van der Waals surface area contributed by atoms with Crippen LogP contribution in [0.25, 0.3) is 5.70 Å². The maximum atomic E-state index is 11.6. The molecule has 0 heterocycles. The van der Waals surface area contributed by atoms with Crippen LogP contribution in [0.2, 0.25) is 0 Å². The number of benzene rings is 1. The minimum Gasteiger partial charge on any atom is -0.462 e. The van der Waals surface area contributed by atoms with Crippen molar-refractivity contribution in [1.29, 1.82) is 0 Å². The van der Waals surface area contributed by atoms with Gasteiger partial charge in [0, 0.05) is 13.0 Å². The molecule has 0 fully saturated rings. The van der Waals surface area contributed by atoms with Crippen molar-refractivity contribution < 1.29 is 14.3 Å². The Balaban J connectivity index is 2.79. The van der Waals surface area contributed by atoms with Crippen LogP contribution in [0.4, 0.5) is 0 Å². The quantitative estimate of drug-likeness (QED) is 0.486. The number of unbranched alkanes of at least 4 members (excludes halogenated alkanes) is 1. The summed E-state index contributed by atoms with van der Waals surface area (Å²) in [6.07, 6.45) is 3.11. The average Bonchev–Trinajstić information content (AvgIpc) is 2.39. The molecule has 0 unspecified atom stereocenters. The lowest BCUT2D eigenvalue weighted by Crippen LogP contribution is -2.19. The minimum absolute atomic E-state index is 0.225. The lowest BCUT2D eigenvalue weighted by Gasteiger charge is -2.08. The Hall–Kier alpha value is -2.10. The Morgan fingerprint density at radius 1 is 1.26 bits per heavy atom. The molecule has 0 atom stereocenters. The highest BCUT2D eigenvalue weighted by molar-refractivity contribution is 5.95. The van der Waals surface area contributed by atoms with E-state index in [4.69, 9.17) is 4.74 Å². The number of ether oxygens (including phenoxy) is 1. The summed E-state index contributed by atoms with van der Waals surface area (Å²) < 4.78 is 5.05. The highest BCUT2D eigenvalue weighted by Gasteiger charge is 2.07. The molecular formula is C15H19NO3. The highest BCUT2D eigenvalue weighted by atomic mass is 16.5. The predicted octanol–water partition coefficient (Wildman–Crippen LogP) is 2.51. The van der Waals surface area contributed by atoms with E-state index >= 15 is 0 Å². The van der Waals surface area contributed by atoms with E-state index in [1.807, 2.05) is 37.3 Å². The van der Waals surface area contributed by atoms with Crippen molar-refractivity contribution in [2.75, 3.05) is 6.61 Å². The van der Waals surface area contributed by atoms with E-state index in [0.29, 0.717) is 12.3 Å². The molecule has 1 amide bonds. The summed E-state index contributed by atoms with van der Waals surface area (Å²) in [6.45, 7) is 3.82. The van der Waals surface area contributed by atoms with Gasteiger partial charge in [-0.3, -0.25) is 4.79 Å². The summed E-state index contributed by atoms with van der Waals surface area (Å²) in [5, 5.41) is 2.64. The number of esters is 1. The molecular weight excluding hydrogens is 242 g/mol. The highest BCUT2D eigenvalue weighted by Crippen LogP contribution is 2.11. The van der Waals surface area contributed by atoms with Crippen LogP contribution in [-0.2, 0) is 14.3 Å². The van der Waals surface area contributed by atoms with Crippen molar-refractivity contribution >= 4 is 17.6 Å². The Morgan fingerprint density at radius 3 is 2.53 bits per heavy atom. The average molecular weight is 261 g/mol. The molecule has 4 heteroatoms. The first-order valence-electron chi connectivity index (χ1n) is 6.35. The smallest absolute Gasteiger partial charge is 0.332 e. The summed E-state index contributed by atoms with van der Waals surface area (Å²) in [7, 11) is 0. The number of hydrogen-bond donors (Lipinski definition) is 1. The van der Waals surface area contributed by atoms with Crippen LogP contribution in [0.5, 0.6) is 0 Å². The van der Waals surface area contributed by atoms with E-state index in [9.17, 15) is 9.59 Å². The van der Waals surface area contributed by atoms with Gasteiger partial charge in [-0.1, -0.05) is 43.7 Å². The fourth-order valence-corrected chi connectivity index (χ4v) is 1.48. The monoisotopic (exact) mass is 261 g/mol. The maximum Gasteiger partial charge on any atom is 0.332 e. The number of carbonyl (C=O) groups is 2. The first-order chi connectivity index (χ1) is 9.13. The standard InChI is InChI=1S/C15H19NO3/c1-3-4-10-19-15(18)11-14(16-12(2)17)13-8-6-5-7-9-13/h5-9,11H,3-4,10H2,1-2H3,(H,16,17). The molecule has 4 nitrogen and oxygen atoms in total. The second-order valence-electron chi connectivity index (χ2n) is 4.13. The summed E-state index contributed by atoms with van der Waals surface area (Å²) in [4.78, 5) is 22.8. The van der Waals surface area contributed by atoms with Crippen molar-refractivity contribution in [2.45, 2.75) is 26.7 Å². The molecule has 0 bridgehead atoms. The third-order valence-electron chi connectivity index (χ3n) is 2.40. The molecule has 0 saturated carbocycles. The van der Waals surface area contributed by atoms with Crippen LogP contribution >= 0.6 is 0 Å². The van der Waals surface area contributed by atoms with Crippen molar-refractivity contribution in [3.8, 4) is 0 Å². The number of rotatable bonds is 6. The third-order valence-corrected chi connectivity index (χ3v) is 2.40. The van der Waals surface area contributed by atoms with Gasteiger partial charge in [0.2, 0.25) is 5.91 Å². The second kappa shape index (κ2) is 8.08. The van der Waals surface area contributed by atoms with E-state index in [2.05, 4.69) is 5.32 Å². The number of carbonyl (C=O) groups excluding carboxylic acids is 2. The van der Waals surface area contributed by atoms with Crippen molar-refractivity contribution in [2.24, 2.45) is 0 Å². The van der Waals surface area contributed by atoms with Crippen LogP contribution in [0.3, 0.4) is 0 Å². The van der Waals surface area contributed by atoms with Crippen molar-refractivity contribution in [3.63, 3.8) is 0 Å². The zero-order valence-corrected chi connectivity index (χ0v) is 11.3. The Bertz CT molecular complexity index is 452. The largest absolute Gasteiger partial charge is 0.462 e. The van der Waals surface area contributed by atoms with Gasteiger partial charge in [0.05, 0.1) is 12.3 Å². The van der Waals surface area contributed by atoms with E-state index < -0.39 is 5.97 Å². The summed E-state index contributed by atoms with van der Waals surface area (Å²) in [5.41, 5.74) is 1.22. The van der Waals surface area contributed by atoms with E-state index in [0.717, 1.165) is 18.4 Å². The van der Waals surface area contributed by atoms with Gasteiger partial charge < -0.3 is 10.1 Å². The van der Waals surface area contributed by atoms with Gasteiger partial charge >= 0.3 is 5.97 Å². The Kier molecular flexibility index (Phi) is 6.36. The molecule has 0 radical (unpaired) electrons. The second-order valence-corrected chi connectivity index (χ2v) is 4.13. The topological polar surface area (TPSA) is 55.4 Å². The van der Waals surface area contributed by atoms with Crippen molar-refractivity contribution in [1.82, 2.24) is 5.32 Å². The SMILES string of the molecule is CCCCOC(=O)C=C(NC(C)=O)c1ccccc1. The Morgan fingerprint density at radius 2 is 1.95 bits per heavy atom. The van der Waals surface area contributed by atoms with E-state index in [1.165, 1.54) is 13.0 Å². The lowest BCUT2D eigenvalue weighted by molar-refractivity contribution is -0.137. The molecule has 0 saturated heterocycles. The number of hydrogen-bond acceptors (Lipinski definition) is 3. The number of amides is 1. The van der Waals surface area contributed by atoms with Gasteiger partial charge in [-0.05, 0) is 12.0 Å². The molecule has 0 spiro atoms. The molecule has 0 aromatic heterocycles. The van der Waals surface area contributed by atoms with E-state index in [1.54, 1.807) is 0 Å². The fraction of sp³-hybridized carbons (Fsp3) is 0.333. The molecule has 0 aliphatic heterocycles. The molecule has 1 aromatic rings.